The number of rotatable bonds is 4. The zero-order valence-corrected chi connectivity index (χ0v) is 14.1. The number of aryl methyl sites for hydroxylation is 1. The minimum atomic E-state index is -0.569. The Morgan fingerprint density at radius 1 is 1.16 bits per heavy atom. The van der Waals surface area contributed by atoms with Gasteiger partial charge >= 0.3 is 0 Å². The molecule has 3 rings (SSSR count). The van der Waals surface area contributed by atoms with Crippen LogP contribution in [0.5, 0.6) is 11.5 Å². The molecule has 7 heteroatoms. The lowest BCUT2D eigenvalue weighted by Crippen LogP contribution is -2.26. The highest BCUT2D eigenvalue weighted by molar-refractivity contribution is 6.04. The maximum absolute atomic E-state index is 12.6. The molecule has 0 saturated heterocycles. The maximum Gasteiger partial charge on any atom is 0.270 e. The summed E-state index contributed by atoms with van der Waals surface area (Å²) in [7, 11) is 3.02. The van der Waals surface area contributed by atoms with Crippen LogP contribution in [0.25, 0.3) is 5.65 Å². The number of anilines is 1. The average Bonchev–Trinajstić information content (AvgIpc) is 2.62. The van der Waals surface area contributed by atoms with Gasteiger partial charge in [0, 0.05) is 18.5 Å². The van der Waals surface area contributed by atoms with E-state index < -0.39 is 11.5 Å². The van der Waals surface area contributed by atoms with Crippen molar-refractivity contribution in [2.75, 3.05) is 19.5 Å². The number of nitrogens with one attached hydrogen (secondary N) is 1. The Labute approximate surface area is 143 Å². The summed E-state index contributed by atoms with van der Waals surface area (Å²) < 4.78 is 11.7. The van der Waals surface area contributed by atoms with Crippen LogP contribution in [0.1, 0.15) is 15.9 Å². The first kappa shape index (κ1) is 16.5. The summed E-state index contributed by atoms with van der Waals surface area (Å²) in [6.07, 6.45) is 2.92. The van der Waals surface area contributed by atoms with Gasteiger partial charge in [0.1, 0.15) is 22.7 Å². The Hall–Kier alpha value is -3.35. The number of amides is 1. The van der Waals surface area contributed by atoms with Crippen molar-refractivity contribution in [3.8, 4) is 11.5 Å². The van der Waals surface area contributed by atoms with Crippen LogP contribution in [0.15, 0.2) is 47.5 Å². The van der Waals surface area contributed by atoms with E-state index in [9.17, 15) is 9.59 Å². The zero-order valence-electron chi connectivity index (χ0n) is 14.1. The molecule has 0 unspecified atom stereocenters. The van der Waals surface area contributed by atoms with E-state index in [4.69, 9.17) is 9.47 Å². The summed E-state index contributed by atoms with van der Waals surface area (Å²) in [5.74, 6) is 0.443. The number of hydrogen-bond donors (Lipinski definition) is 1. The quantitative estimate of drug-likeness (QED) is 0.788. The van der Waals surface area contributed by atoms with Crippen molar-refractivity contribution in [3.05, 3.63) is 64.2 Å². The van der Waals surface area contributed by atoms with E-state index in [-0.39, 0.29) is 5.56 Å². The second kappa shape index (κ2) is 6.64. The largest absolute Gasteiger partial charge is 0.497 e. The Bertz CT molecular complexity index is 1010. The topological polar surface area (TPSA) is 81.9 Å². The average molecular weight is 339 g/mol. The lowest BCUT2D eigenvalue weighted by molar-refractivity contribution is 0.102. The van der Waals surface area contributed by atoms with E-state index >= 15 is 0 Å². The molecule has 0 atom stereocenters. The molecular formula is C18H17N3O4. The van der Waals surface area contributed by atoms with Gasteiger partial charge in [0.2, 0.25) is 0 Å². The number of pyridine rings is 1. The number of hydrogen-bond acceptors (Lipinski definition) is 5. The normalized spacial score (nSPS) is 10.5. The molecule has 2 aromatic heterocycles. The molecule has 0 fully saturated rings. The fourth-order valence-corrected chi connectivity index (χ4v) is 2.44. The molecule has 2 heterocycles. The van der Waals surface area contributed by atoms with Crippen LogP contribution in [0.4, 0.5) is 5.69 Å². The lowest BCUT2D eigenvalue weighted by atomic mass is 10.2. The van der Waals surface area contributed by atoms with Gasteiger partial charge in [-0.15, -0.1) is 0 Å². The van der Waals surface area contributed by atoms with Gasteiger partial charge in [0.05, 0.1) is 19.9 Å². The molecule has 7 nitrogen and oxygen atoms in total. The highest BCUT2D eigenvalue weighted by atomic mass is 16.5. The van der Waals surface area contributed by atoms with E-state index in [2.05, 4.69) is 10.3 Å². The van der Waals surface area contributed by atoms with Crippen LogP contribution >= 0.6 is 0 Å². The van der Waals surface area contributed by atoms with Crippen molar-refractivity contribution in [2.24, 2.45) is 0 Å². The highest BCUT2D eigenvalue weighted by Gasteiger charge is 2.16. The molecule has 1 aromatic carbocycles. The summed E-state index contributed by atoms with van der Waals surface area (Å²) in [4.78, 5) is 29.3. The monoisotopic (exact) mass is 339 g/mol. The van der Waals surface area contributed by atoms with Gasteiger partial charge in [-0.3, -0.25) is 14.0 Å². The first-order valence-corrected chi connectivity index (χ1v) is 7.55. The van der Waals surface area contributed by atoms with E-state index in [0.29, 0.717) is 22.8 Å². The minimum absolute atomic E-state index is 0.0621. The number of methoxy groups -OCH3 is 2. The number of fused-ring (bicyclic) bond motifs is 1. The third-order valence-electron chi connectivity index (χ3n) is 3.75. The molecular weight excluding hydrogens is 322 g/mol. The van der Waals surface area contributed by atoms with Gasteiger partial charge in [-0.1, -0.05) is 6.07 Å². The van der Waals surface area contributed by atoms with Crippen molar-refractivity contribution in [3.63, 3.8) is 0 Å². The second-order valence-corrected chi connectivity index (χ2v) is 5.43. The molecule has 1 amide bonds. The van der Waals surface area contributed by atoms with Crippen LogP contribution in [-0.4, -0.2) is 29.5 Å². The third-order valence-corrected chi connectivity index (χ3v) is 3.75. The van der Waals surface area contributed by atoms with Crippen molar-refractivity contribution in [1.29, 1.82) is 0 Å². The fourth-order valence-electron chi connectivity index (χ4n) is 2.44. The van der Waals surface area contributed by atoms with E-state index in [1.807, 2.05) is 13.0 Å². The Morgan fingerprint density at radius 2 is 1.96 bits per heavy atom. The van der Waals surface area contributed by atoms with Gasteiger partial charge < -0.3 is 14.8 Å². The molecule has 25 heavy (non-hydrogen) atoms. The molecule has 0 saturated carbocycles. The van der Waals surface area contributed by atoms with Gasteiger partial charge in [-0.2, -0.15) is 0 Å². The third kappa shape index (κ3) is 3.16. The maximum atomic E-state index is 12.6. The summed E-state index contributed by atoms with van der Waals surface area (Å²) >= 11 is 0. The lowest BCUT2D eigenvalue weighted by Gasteiger charge is -2.12. The predicted molar refractivity (Wildman–Crippen MR) is 93.7 cm³/mol. The van der Waals surface area contributed by atoms with Crippen LogP contribution in [0.2, 0.25) is 0 Å². The fraction of sp³-hybridized carbons (Fsp3) is 0.167. The predicted octanol–water partition coefficient (Wildman–Crippen LogP) is 2.27. The summed E-state index contributed by atoms with van der Waals surface area (Å²) in [5, 5.41) is 2.68. The Morgan fingerprint density at radius 3 is 2.68 bits per heavy atom. The number of ether oxygens (including phenoxy) is 2. The SMILES string of the molecule is COc1ccc(OC)c(NC(=O)c2cnc3ccc(C)cn3c2=O)c1. The van der Waals surface area contributed by atoms with Gasteiger partial charge in [0.25, 0.3) is 11.5 Å². The smallest absolute Gasteiger partial charge is 0.270 e. The van der Waals surface area contributed by atoms with Crippen LogP contribution in [-0.2, 0) is 0 Å². The van der Waals surface area contributed by atoms with E-state index in [1.54, 1.807) is 30.5 Å². The molecule has 0 bridgehead atoms. The number of carbonyl (C=O) groups is 1. The highest BCUT2D eigenvalue weighted by Crippen LogP contribution is 2.29. The van der Waals surface area contributed by atoms with Gasteiger partial charge in [0.15, 0.2) is 0 Å². The molecule has 0 aliphatic carbocycles. The number of benzene rings is 1. The first-order chi connectivity index (χ1) is 12.0. The molecule has 0 aliphatic heterocycles. The van der Waals surface area contributed by atoms with Crippen LogP contribution in [0, 0.1) is 6.92 Å². The zero-order chi connectivity index (χ0) is 18.0. The molecule has 3 aromatic rings. The standard InChI is InChI=1S/C18H17N3O4/c1-11-4-7-16-19-9-13(18(23)21(16)10-11)17(22)20-14-8-12(24-2)5-6-15(14)25-3/h4-10H,1-3H3,(H,20,22). The van der Waals surface area contributed by atoms with Gasteiger partial charge in [-0.05, 0) is 30.7 Å². The number of nitrogens with zero attached hydrogens (tertiary/aromatic N) is 2. The Kier molecular flexibility index (Phi) is 4.38. The minimum Gasteiger partial charge on any atom is -0.497 e. The number of aromatic nitrogens is 2. The van der Waals surface area contributed by atoms with Crippen LogP contribution in [0.3, 0.4) is 0 Å². The van der Waals surface area contributed by atoms with Crippen molar-refractivity contribution < 1.29 is 14.3 Å². The number of carbonyl (C=O) groups excluding carboxylic acids is 1. The molecule has 0 radical (unpaired) electrons. The molecule has 1 N–H and O–H groups in total. The first-order valence-electron chi connectivity index (χ1n) is 7.55. The molecule has 128 valence electrons. The molecule has 0 spiro atoms. The van der Waals surface area contributed by atoms with Crippen molar-refractivity contribution >= 4 is 17.2 Å². The van der Waals surface area contributed by atoms with Crippen molar-refractivity contribution in [2.45, 2.75) is 6.92 Å². The Balaban J connectivity index is 2.01. The summed E-state index contributed by atoms with van der Waals surface area (Å²) in [5.41, 5.74) is 1.27. The van der Waals surface area contributed by atoms with Gasteiger partial charge in [-0.25, -0.2) is 4.98 Å². The second-order valence-electron chi connectivity index (χ2n) is 5.43. The van der Waals surface area contributed by atoms with E-state index in [1.165, 1.54) is 24.8 Å². The van der Waals surface area contributed by atoms with Crippen molar-refractivity contribution in [1.82, 2.24) is 9.38 Å². The molecule has 0 aliphatic rings. The van der Waals surface area contributed by atoms with Crippen LogP contribution < -0.4 is 20.3 Å². The van der Waals surface area contributed by atoms with E-state index in [0.717, 1.165) is 5.56 Å². The summed E-state index contributed by atoms with van der Waals surface area (Å²) in [6.45, 7) is 1.86. The summed E-state index contributed by atoms with van der Waals surface area (Å²) in [6, 6.07) is 8.58.